The highest BCUT2D eigenvalue weighted by molar-refractivity contribution is 6.36. The van der Waals surface area contributed by atoms with Crippen molar-refractivity contribution in [1.82, 2.24) is 0 Å². The van der Waals surface area contributed by atoms with Crippen molar-refractivity contribution >= 4 is 28.9 Å². The summed E-state index contributed by atoms with van der Waals surface area (Å²) in [5.74, 6) is 0.493. The van der Waals surface area contributed by atoms with Gasteiger partial charge in [0, 0.05) is 18.6 Å². The van der Waals surface area contributed by atoms with Gasteiger partial charge in [0.2, 0.25) is 0 Å². The van der Waals surface area contributed by atoms with Crippen LogP contribution in [0, 0.1) is 0 Å². The van der Waals surface area contributed by atoms with E-state index in [0.717, 1.165) is 30.1 Å². The lowest BCUT2D eigenvalue weighted by molar-refractivity contribution is 0.560. The van der Waals surface area contributed by atoms with Crippen LogP contribution in [-0.4, -0.2) is 20.1 Å². The highest BCUT2D eigenvalue weighted by Gasteiger charge is 2.25. The normalized spacial score (nSPS) is 19.8. The molecule has 1 aliphatic rings. The summed E-state index contributed by atoms with van der Waals surface area (Å²) in [6.45, 7) is 1.73. The molecule has 0 saturated heterocycles. The second-order valence-electron chi connectivity index (χ2n) is 4.31. The predicted octanol–water partition coefficient (Wildman–Crippen LogP) is 3.27. The number of hydrogen-bond acceptors (Lipinski definition) is 2. The van der Waals surface area contributed by atoms with Gasteiger partial charge in [-0.25, -0.2) is 0 Å². The topological polar surface area (TPSA) is 29.3 Å². The summed E-state index contributed by atoms with van der Waals surface area (Å²) >= 11 is 12.3. The van der Waals surface area contributed by atoms with Crippen LogP contribution in [0.25, 0.3) is 0 Å². The summed E-state index contributed by atoms with van der Waals surface area (Å²) < 4.78 is 0. The van der Waals surface area contributed by atoms with Gasteiger partial charge in [0.05, 0.1) is 10.7 Å². The van der Waals surface area contributed by atoms with Gasteiger partial charge >= 0.3 is 0 Å². The van der Waals surface area contributed by atoms with E-state index in [0.29, 0.717) is 17.5 Å². The fourth-order valence-electron chi connectivity index (χ4n) is 2.42. The molecular formula is C12H16Cl2N2. The number of anilines is 1. The second-order valence-corrected chi connectivity index (χ2v) is 5.15. The van der Waals surface area contributed by atoms with Crippen LogP contribution in [0.15, 0.2) is 12.1 Å². The molecule has 16 heavy (non-hydrogen) atoms. The van der Waals surface area contributed by atoms with Crippen molar-refractivity contribution in [2.45, 2.75) is 18.8 Å². The van der Waals surface area contributed by atoms with E-state index >= 15 is 0 Å². The summed E-state index contributed by atoms with van der Waals surface area (Å²) in [4.78, 5) is 2.20. The zero-order chi connectivity index (χ0) is 11.7. The zero-order valence-corrected chi connectivity index (χ0v) is 10.9. The fraction of sp³-hybridized carbons (Fsp3) is 0.500. The molecule has 0 aromatic heterocycles. The van der Waals surface area contributed by atoms with Gasteiger partial charge in [-0.3, -0.25) is 0 Å². The molecule has 0 radical (unpaired) electrons. The highest BCUT2D eigenvalue weighted by atomic mass is 35.5. The first-order valence-electron chi connectivity index (χ1n) is 5.53. The Kier molecular flexibility index (Phi) is 3.63. The first-order valence-corrected chi connectivity index (χ1v) is 6.29. The third-order valence-electron chi connectivity index (χ3n) is 3.21. The maximum atomic E-state index is 6.25. The number of rotatable bonds is 2. The third-order valence-corrected chi connectivity index (χ3v) is 3.71. The average Bonchev–Trinajstić information content (AvgIpc) is 2.21. The number of nitrogens with zero attached hydrogens (tertiary/aromatic N) is 1. The van der Waals surface area contributed by atoms with Crippen molar-refractivity contribution in [3.8, 4) is 0 Å². The Morgan fingerprint density at radius 1 is 1.44 bits per heavy atom. The molecule has 2 N–H and O–H groups in total. The maximum absolute atomic E-state index is 6.25. The molecule has 2 rings (SSSR count). The molecule has 1 aliphatic heterocycles. The van der Waals surface area contributed by atoms with Gasteiger partial charge in [0.25, 0.3) is 0 Å². The molecule has 1 aromatic rings. The molecular weight excluding hydrogens is 243 g/mol. The minimum atomic E-state index is 0.493. The molecule has 0 fully saturated rings. The molecule has 2 nitrogen and oxygen atoms in total. The van der Waals surface area contributed by atoms with E-state index in [9.17, 15) is 0 Å². The molecule has 0 bridgehead atoms. The fourth-order valence-corrected chi connectivity index (χ4v) is 3.07. The molecule has 0 aliphatic carbocycles. The Bertz CT molecular complexity index is 393. The first-order chi connectivity index (χ1) is 7.63. The Hall–Kier alpha value is -0.440. The molecule has 1 unspecified atom stereocenters. The van der Waals surface area contributed by atoms with Gasteiger partial charge in [-0.1, -0.05) is 23.2 Å². The Labute approximate surface area is 106 Å². The zero-order valence-electron chi connectivity index (χ0n) is 9.34. The number of hydrogen-bond donors (Lipinski definition) is 1. The number of halogens is 2. The Morgan fingerprint density at radius 2 is 2.19 bits per heavy atom. The minimum Gasteiger partial charge on any atom is -0.373 e. The van der Waals surface area contributed by atoms with Gasteiger partial charge in [-0.05, 0) is 43.0 Å². The molecule has 1 heterocycles. The largest absolute Gasteiger partial charge is 0.373 e. The predicted molar refractivity (Wildman–Crippen MR) is 70.8 cm³/mol. The molecule has 88 valence electrons. The van der Waals surface area contributed by atoms with E-state index in [1.54, 1.807) is 0 Å². The van der Waals surface area contributed by atoms with Crippen LogP contribution in [0.3, 0.4) is 0 Å². The summed E-state index contributed by atoms with van der Waals surface area (Å²) in [6.07, 6.45) is 2.12. The number of nitrogens with two attached hydrogens (primary N) is 1. The lowest BCUT2D eigenvalue weighted by atomic mass is 9.87. The Morgan fingerprint density at radius 3 is 2.88 bits per heavy atom. The van der Waals surface area contributed by atoms with E-state index in [1.165, 1.54) is 5.56 Å². The van der Waals surface area contributed by atoms with Gasteiger partial charge in [0.1, 0.15) is 0 Å². The average molecular weight is 259 g/mol. The lowest BCUT2D eigenvalue weighted by Crippen LogP contribution is -2.28. The lowest BCUT2D eigenvalue weighted by Gasteiger charge is -2.34. The van der Waals surface area contributed by atoms with Crippen LogP contribution < -0.4 is 10.6 Å². The molecule has 1 atom stereocenters. The summed E-state index contributed by atoms with van der Waals surface area (Å²) in [6, 6.07) is 3.84. The standard InChI is InChI=1S/C12H16Cl2N2/c1-16-5-3-8(2-4-15)10-6-9(13)7-11(14)12(10)16/h6-8H,2-5,15H2,1H3. The van der Waals surface area contributed by atoms with E-state index in [1.807, 2.05) is 12.1 Å². The summed E-state index contributed by atoms with van der Waals surface area (Å²) in [5.41, 5.74) is 8.02. The molecule has 4 heteroatoms. The van der Waals surface area contributed by atoms with E-state index in [2.05, 4.69) is 11.9 Å². The SMILES string of the molecule is CN1CCC(CCN)c2cc(Cl)cc(Cl)c21. The summed E-state index contributed by atoms with van der Waals surface area (Å²) in [7, 11) is 2.07. The van der Waals surface area contributed by atoms with E-state index < -0.39 is 0 Å². The van der Waals surface area contributed by atoms with Gasteiger partial charge in [0.15, 0.2) is 0 Å². The van der Waals surface area contributed by atoms with Crippen LogP contribution in [0.4, 0.5) is 5.69 Å². The number of benzene rings is 1. The maximum Gasteiger partial charge on any atom is 0.0657 e. The molecule has 1 aromatic carbocycles. The molecule has 0 saturated carbocycles. The smallest absolute Gasteiger partial charge is 0.0657 e. The van der Waals surface area contributed by atoms with Crippen molar-refractivity contribution in [2.24, 2.45) is 5.73 Å². The van der Waals surface area contributed by atoms with Crippen LogP contribution in [0.5, 0.6) is 0 Å². The van der Waals surface area contributed by atoms with Crippen molar-refractivity contribution in [3.05, 3.63) is 27.7 Å². The highest BCUT2D eigenvalue weighted by Crippen LogP contribution is 2.42. The van der Waals surface area contributed by atoms with Crippen molar-refractivity contribution in [1.29, 1.82) is 0 Å². The van der Waals surface area contributed by atoms with E-state index in [4.69, 9.17) is 28.9 Å². The van der Waals surface area contributed by atoms with Crippen LogP contribution in [-0.2, 0) is 0 Å². The molecule has 0 amide bonds. The van der Waals surface area contributed by atoms with Crippen LogP contribution >= 0.6 is 23.2 Å². The molecule has 0 spiro atoms. The quantitative estimate of drug-likeness (QED) is 0.883. The Balaban J connectivity index is 2.47. The van der Waals surface area contributed by atoms with Gasteiger partial charge in [-0.2, -0.15) is 0 Å². The van der Waals surface area contributed by atoms with Gasteiger partial charge in [-0.15, -0.1) is 0 Å². The van der Waals surface area contributed by atoms with Crippen molar-refractivity contribution < 1.29 is 0 Å². The van der Waals surface area contributed by atoms with Gasteiger partial charge < -0.3 is 10.6 Å². The minimum absolute atomic E-state index is 0.493. The third kappa shape index (κ3) is 2.15. The van der Waals surface area contributed by atoms with Crippen LogP contribution in [0.2, 0.25) is 10.0 Å². The monoisotopic (exact) mass is 258 g/mol. The second kappa shape index (κ2) is 4.82. The van der Waals surface area contributed by atoms with E-state index in [-0.39, 0.29) is 0 Å². The van der Waals surface area contributed by atoms with Crippen molar-refractivity contribution in [3.63, 3.8) is 0 Å². The first kappa shape index (κ1) is 12.0. The van der Waals surface area contributed by atoms with Crippen LogP contribution in [0.1, 0.15) is 24.3 Å². The van der Waals surface area contributed by atoms with Crippen molar-refractivity contribution in [2.75, 3.05) is 25.0 Å². The number of fused-ring (bicyclic) bond motifs is 1. The summed E-state index contributed by atoms with van der Waals surface area (Å²) in [5, 5.41) is 1.45.